The highest BCUT2D eigenvalue weighted by atomic mass is 79.9. The van der Waals surface area contributed by atoms with Crippen LogP contribution in [-0.2, 0) is 6.54 Å². The van der Waals surface area contributed by atoms with Gasteiger partial charge in [-0.1, -0.05) is 59.3 Å². The molecule has 0 bridgehead atoms. The van der Waals surface area contributed by atoms with E-state index in [1.54, 1.807) is 24.3 Å². The summed E-state index contributed by atoms with van der Waals surface area (Å²) in [6.45, 7) is 4.21. The van der Waals surface area contributed by atoms with Crippen molar-refractivity contribution in [3.05, 3.63) is 74.6 Å². The second kappa shape index (κ2) is 8.26. The number of amides is 1. The van der Waals surface area contributed by atoms with Crippen molar-refractivity contribution in [1.29, 1.82) is 0 Å². The standard InChI is InChI=1S/C20H19BrN4O2/c1-3-12-25-20(27)16-10-5-4-9-15(16)18(24-25)19(26)23-22-13(2)14-8-6-7-11-17(14)21/h4-11H,3,12H2,1-2H3,(H,23,26)/b22-13+. The van der Waals surface area contributed by atoms with Gasteiger partial charge in [-0.05, 0) is 25.5 Å². The van der Waals surface area contributed by atoms with Crippen LogP contribution < -0.4 is 11.0 Å². The Morgan fingerprint density at radius 1 is 1.15 bits per heavy atom. The van der Waals surface area contributed by atoms with Gasteiger partial charge in [-0.3, -0.25) is 9.59 Å². The molecule has 7 heteroatoms. The van der Waals surface area contributed by atoms with E-state index in [-0.39, 0.29) is 11.3 Å². The monoisotopic (exact) mass is 426 g/mol. The van der Waals surface area contributed by atoms with Crippen molar-refractivity contribution < 1.29 is 4.79 Å². The van der Waals surface area contributed by atoms with Gasteiger partial charge in [0.2, 0.25) is 0 Å². The van der Waals surface area contributed by atoms with E-state index in [9.17, 15) is 9.59 Å². The lowest BCUT2D eigenvalue weighted by Crippen LogP contribution is -2.29. The summed E-state index contributed by atoms with van der Waals surface area (Å²) >= 11 is 3.47. The largest absolute Gasteiger partial charge is 0.292 e. The summed E-state index contributed by atoms with van der Waals surface area (Å²) in [5, 5.41) is 9.45. The molecule has 0 aliphatic rings. The number of nitrogens with one attached hydrogen (secondary N) is 1. The average molecular weight is 427 g/mol. The number of nitrogens with zero attached hydrogens (tertiary/aromatic N) is 3. The van der Waals surface area contributed by atoms with Gasteiger partial charge < -0.3 is 0 Å². The fraction of sp³-hybridized carbons (Fsp3) is 0.200. The highest BCUT2D eigenvalue weighted by Crippen LogP contribution is 2.17. The molecule has 0 radical (unpaired) electrons. The van der Waals surface area contributed by atoms with Crippen molar-refractivity contribution in [1.82, 2.24) is 15.2 Å². The van der Waals surface area contributed by atoms with Crippen LogP contribution in [0.15, 0.2) is 62.9 Å². The van der Waals surface area contributed by atoms with Gasteiger partial charge in [-0.25, -0.2) is 10.1 Å². The molecule has 0 aliphatic heterocycles. The zero-order valence-corrected chi connectivity index (χ0v) is 16.7. The maximum atomic E-state index is 12.7. The van der Waals surface area contributed by atoms with E-state index in [1.807, 2.05) is 38.1 Å². The highest BCUT2D eigenvalue weighted by Gasteiger charge is 2.16. The zero-order valence-electron chi connectivity index (χ0n) is 15.1. The van der Waals surface area contributed by atoms with Crippen LogP contribution in [-0.4, -0.2) is 21.4 Å². The summed E-state index contributed by atoms with van der Waals surface area (Å²) in [5.41, 5.74) is 4.08. The SMILES string of the molecule is CCCn1nc(C(=O)N/N=C(\C)c2ccccc2Br)c2ccccc2c1=O. The van der Waals surface area contributed by atoms with Crippen LogP contribution in [0.25, 0.3) is 10.8 Å². The summed E-state index contributed by atoms with van der Waals surface area (Å²) in [5.74, 6) is -0.456. The Morgan fingerprint density at radius 2 is 1.81 bits per heavy atom. The van der Waals surface area contributed by atoms with Crippen molar-refractivity contribution in [3.8, 4) is 0 Å². The summed E-state index contributed by atoms with van der Waals surface area (Å²) in [6, 6.07) is 14.6. The van der Waals surface area contributed by atoms with Gasteiger partial charge in [-0.15, -0.1) is 0 Å². The number of aromatic nitrogens is 2. The Labute approximate surface area is 165 Å². The first-order chi connectivity index (χ1) is 13.0. The van der Waals surface area contributed by atoms with Crippen molar-refractivity contribution >= 4 is 38.3 Å². The molecule has 0 aliphatic carbocycles. The van der Waals surface area contributed by atoms with Crippen molar-refractivity contribution in [2.75, 3.05) is 0 Å². The van der Waals surface area contributed by atoms with Crippen molar-refractivity contribution in [2.24, 2.45) is 5.10 Å². The minimum Gasteiger partial charge on any atom is -0.267 e. The Morgan fingerprint density at radius 3 is 2.52 bits per heavy atom. The van der Waals surface area contributed by atoms with Crippen LogP contribution in [0.5, 0.6) is 0 Å². The molecular weight excluding hydrogens is 408 g/mol. The van der Waals surface area contributed by atoms with Crippen LogP contribution in [0.1, 0.15) is 36.3 Å². The Hall–Kier alpha value is -2.80. The van der Waals surface area contributed by atoms with Gasteiger partial charge >= 0.3 is 0 Å². The average Bonchev–Trinajstić information content (AvgIpc) is 2.68. The predicted molar refractivity (Wildman–Crippen MR) is 110 cm³/mol. The molecular formula is C20H19BrN4O2. The van der Waals surface area contributed by atoms with Crippen LogP contribution in [0.4, 0.5) is 0 Å². The summed E-state index contributed by atoms with van der Waals surface area (Å²) in [4.78, 5) is 25.3. The van der Waals surface area contributed by atoms with Gasteiger partial charge in [0.1, 0.15) is 0 Å². The molecule has 0 atom stereocenters. The number of halogens is 1. The van der Waals surface area contributed by atoms with Gasteiger partial charge in [-0.2, -0.15) is 10.2 Å². The van der Waals surface area contributed by atoms with Crippen LogP contribution in [0, 0.1) is 0 Å². The number of benzene rings is 2. The molecule has 0 unspecified atom stereocenters. The predicted octanol–water partition coefficient (Wildman–Crippen LogP) is 3.72. The molecule has 1 aromatic heterocycles. The molecule has 1 N–H and O–H groups in total. The molecule has 0 saturated carbocycles. The molecule has 1 amide bonds. The van der Waals surface area contributed by atoms with E-state index in [0.717, 1.165) is 16.5 Å². The molecule has 3 aromatic rings. The van der Waals surface area contributed by atoms with E-state index in [2.05, 4.69) is 31.6 Å². The number of hydrogen-bond acceptors (Lipinski definition) is 4. The van der Waals surface area contributed by atoms with E-state index in [1.165, 1.54) is 4.68 Å². The highest BCUT2D eigenvalue weighted by molar-refractivity contribution is 9.10. The van der Waals surface area contributed by atoms with E-state index in [4.69, 9.17) is 0 Å². The maximum Gasteiger partial charge on any atom is 0.292 e. The van der Waals surface area contributed by atoms with E-state index < -0.39 is 5.91 Å². The lowest BCUT2D eigenvalue weighted by molar-refractivity contribution is 0.0949. The summed E-state index contributed by atoms with van der Waals surface area (Å²) < 4.78 is 2.22. The smallest absolute Gasteiger partial charge is 0.267 e. The molecule has 0 fully saturated rings. The van der Waals surface area contributed by atoms with Gasteiger partial charge in [0, 0.05) is 22.0 Å². The Kier molecular flexibility index (Phi) is 5.81. The maximum absolute atomic E-state index is 12.7. The van der Waals surface area contributed by atoms with Crippen molar-refractivity contribution in [2.45, 2.75) is 26.8 Å². The molecule has 1 heterocycles. The third kappa shape index (κ3) is 3.98. The number of hydrazone groups is 1. The molecule has 2 aromatic carbocycles. The van der Waals surface area contributed by atoms with Gasteiger partial charge in [0.15, 0.2) is 5.69 Å². The third-order valence-corrected chi connectivity index (χ3v) is 4.80. The molecule has 27 heavy (non-hydrogen) atoms. The topological polar surface area (TPSA) is 76.3 Å². The summed E-state index contributed by atoms with van der Waals surface area (Å²) in [7, 11) is 0. The quantitative estimate of drug-likeness (QED) is 0.498. The first-order valence-electron chi connectivity index (χ1n) is 8.62. The number of hydrogen-bond donors (Lipinski definition) is 1. The minimum absolute atomic E-state index is 0.183. The van der Waals surface area contributed by atoms with Gasteiger partial charge in [0.25, 0.3) is 11.5 Å². The fourth-order valence-electron chi connectivity index (χ4n) is 2.77. The molecule has 6 nitrogen and oxygen atoms in total. The number of carbonyl (C=O) groups is 1. The number of aryl methyl sites for hydroxylation is 1. The molecule has 0 spiro atoms. The van der Waals surface area contributed by atoms with Crippen LogP contribution in [0.3, 0.4) is 0 Å². The second-order valence-corrected chi connectivity index (χ2v) is 6.89. The van der Waals surface area contributed by atoms with E-state index in [0.29, 0.717) is 23.0 Å². The third-order valence-electron chi connectivity index (χ3n) is 4.11. The number of fused-ring (bicyclic) bond motifs is 1. The van der Waals surface area contributed by atoms with E-state index >= 15 is 0 Å². The number of carbonyl (C=O) groups excluding carboxylic acids is 1. The minimum atomic E-state index is -0.456. The zero-order chi connectivity index (χ0) is 19.4. The Balaban J connectivity index is 1.98. The second-order valence-electron chi connectivity index (χ2n) is 6.04. The normalized spacial score (nSPS) is 11.6. The number of rotatable bonds is 5. The lowest BCUT2D eigenvalue weighted by atomic mass is 10.1. The Bertz CT molecular complexity index is 1090. The van der Waals surface area contributed by atoms with Gasteiger partial charge in [0.05, 0.1) is 11.1 Å². The molecule has 3 rings (SSSR count). The summed E-state index contributed by atoms with van der Waals surface area (Å²) in [6.07, 6.45) is 0.742. The fourth-order valence-corrected chi connectivity index (χ4v) is 3.34. The van der Waals surface area contributed by atoms with Crippen LogP contribution in [0.2, 0.25) is 0 Å². The molecule has 0 saturated heterocycles. The molecule has 138 valence electrons. The van der Waals surface area contributed by atoms with Crippen molar-refractivity contribution in [3.63, 3.8) is 0 Å². The van der Waals surface area contributed by atoms with Crippen LogP contribution >= 0.6 is 15.9 Å². The first-order valence-corrected chi connectivity index (χ1v) is 9.41. The first kappa shape index (κ1) is 19.0. The lowest BCUT2D eigenvalue weighted by Gasteiger charge is -2.10.